The van der Waals surface area contributed by atoms with Gasteiger partial charge in [-0.3, -0.25) is 13.9 Å². The number of benzene rings is 2. The average Bonchev–Trinajstić information content (AvgIpc) is 3.22. The monoisotopic (exact) mass is 367 g/mol. The molecule has 3 aromatic rings. The number of aromatic nitrogens is 2. The summed E-state index contributed by atoms with van der Waals surface area (Å²) in [6.45, 7) is 0. The predicted octanol–water partition coefficient (Wildman–Crippen LogP) is 3.22. The molecule has 5 nitrogen and oxygen atoms in total. The molecule has 1 N–H and O–H groups in total. The van der Waals surface area contributed by atoms with Gasteiger partial charge in [-0.05, 0) is 37.1 Å². The lowest BCUT2D eigenvalue weighted by atomic mass is 9.87. The summed E-state index contributed by atoms with van der Waals surface area (Å²) in [5.41, 5.74) is 1.65. The normalized spacial score (nSPS) is 16.0. The van der Waals surface area contributed by atoms with Crippen molar-refractivity contribution in [3.8, 4) is 0 Å². The van der Waals surface area contributed by atoms with E-state index in [1.807, 2.05) is 0 Å². The van der Waals surface area contributed by atoms with Gasteiger partial charge in [0.2, 0.25) is 0 Å². The van der Waals surface area contributed by atoms with Crippen LogP contribution in [0.15, 0.2) is 47.3 Å². The van der Waals surface area contributed by atoms with E-state index >= 15 is 0 Å². The van der Waals surface area contributed by atoms with Crippen LogP contribution in [0.2, 0.25) is 0 Å². The molecule has 6 heteroatoms. The molecule has 1 aliphatic rings. The molecule has 0 aliphatic heterocycles. The van der Waals surface area contributed by atoms with E-state index in [9.17, 15) is 14.0 Å². The third kappa shape index (κ3) is 2.76. The van der Waals surface area contributed by atoms with Gasteiger partial charge in [0.25, 0.3) is 5.91 Å². The second-order valence-corrected chi connectivity index (χ2v) is 7.33. The Labute approximate surface area is 156 Å². The maximum atomic E-state index is 14.5. The second-order valence-electron chi connectivity index (χ2n) is 7.33. The van der Waals surface area contributed by atoms with E-state index in [1.165, 1.54) is 10.6 Å². The van der Waals surface area contributed by atoms with Crippen LogP contribution in [-0.2, 0) is 19.6 Å². The SMILES string of the molecule is Cn1c(=O)n(C)c2cc(C(=O)NC3(c4ccccc4F)CCCC3)ccc21. The highest BCUT2D eigenvalue weighted by atomic mass is 19.1. The fraction of sp³-hybridized carbons (Fsp3) is 0.333. The Hall–Kier alpha value is -2.89. The fourth-order valence-electron chi connectivity index (χ4n) is 4.23. The van der Waals surface area contributed by atoms with E-state index < -0.39 is 5.54 Å². The molecule has 0 radical (unpaired) electrons. The van der Waals surface area contributed by atoms with Crippen molar-refractivity contribution in [2.75, 3.05) is 0 Å². The highest BCUT2D eigenvalue weighted by molar-refractivity contribution is 5.98. The first-order valence-electron chi connectivity index (χ1n) is 9.16. The third-order valence-electron chi connectivity index (χ3n) is 5.73. The van der Waals surface area contributed by atoms with Crippen LogP contribution in [0.4, 0.5) is 4.39 Å². The standard InChI is InChI=1S/C21H22FN3O2/c1-24-17-10-9-14(13-18(17)25(2)20(24)27)19(26)23-21(11-5-6-12-21)15-7-3-4-8-16(15)22/h3-4,7-10,13H,5-6,11-12H2,1-2H3,(H,23,26). The zero-order valence-corrected chi connectivity index (χ0v) is 15.5. The number of nitrogens with zero attached hydrogens (tertiary/aromatic N) is 2. The first kappa shape index (κ1) is 17.5. The molecule has 0 atom stereocenters. The molecular formula is C21H22FN3O2. The van der Waals surface area contributed by atoms with Crippen molar-refractivity contribution in [3.05, 3.63) is 69.9 Å². The van der Waals surface area contributed by atoms with E-state index in [0.717, 1.165) is 18.4 Å². The molecule has 1 fully saturated rings. The molecule has 1 amide bonds. The molecule has 1 heterocycles. The van der Waals surface area contributed by atoms with E-state index in [-0.39, 0.29) is 17.4 Å². The molecule has 27 heavy (non-hydrogen) atoms. The van der Waals surface area contributed by atoms with Gasteiger partial charge in [-0.25, -0.2) is 9.18 Å². The fourth-order valence-corrected chi connectivity index (χ4v) is 4.23. The summed E-state index contributed by atoms with van der Waals surface area (Å²) in [5.74, 6) is -0.543. The van der Waals surface area contributed by atoms with Gasteiger partial charge in [-0.15, -0.1) is 0 Å². The first-order chi connectivity index (χ1) is 12.9. The quantitative estimate of drug-likeness (QED) is 0.773. The Balaban J connectivity index is 1.72. The number of imidazole rings is 1. The van der Waals surface area contributed by atoms with Crippen LogP contribution < -0.4 is 11.0 Å². The molecule has 1 saturated carbocycles. The molecule has 1 aromatic heterocycles. The second kappa shape index (κ2) is 6.37. The maximum Gasteiger partial charge on any atom is 0.328 e. The molecule has 4 rings (SSSR count). The number of hydrogen-bond donors (Lipinski definition) is 1. The lowest BCUT2D eigenvalue weighted by Crippen LogP contribution is -2.44. The van der Waals surface area contributed by atoms with Crippen molar-refractivity contribution in [2.45, 2.75) is 31.2 Å². The van der Waals surface area contributed by atoms with Gasteiger partial charge in [-0.2, -0.15) is 0 Å². The number of carbonyl (C=O) groups excluding carboxylic acids is 1. The van der Waals surface area contributed by atoms with E-state index in [4.69, 9.17) is 0 Å². The molecule has 0 unspecified atom stereocenters. The minimum absolute atomic E-state index is 0.138. The summed E-state index contributed by atoms with van der Waals surface area (Å²) in [7, 11) is 3.39. The molecule has 0 bridgehead atoms. The lowest BCUT2D eigenvalue weighted by molar-refractivity contribution is 0.0896. The zero-order valence-electron chi connectivity index (χ0n) is 15.5. The van der Waals surface area contributed by atoms with Crippen molar-refractivity contribution < 1.29 is 9.18 Å². The Morgan fingerprint density at radius 1 is 1.04 bits per heavy atom. The van der Waals surface area contributed by atoms with Gasteiger partial charge >= 0.3 is 5.69 Å². The van der Waals surface area contributed by atoms with Crippen molar-refractivity contribution >= 4 is 16.9 Å². The van der Waals surface area contributed by atoms with Crippen molar-refractivity contribution in [2.24, 2.45) is 14.1 Å². The third-order valence-corrected chi connectivity index (χ3v) is 5.73. The number of nitrogens with one attached hydrogen (secondary N) is 1. The number of halogens is 1. The van der Waals surface area contributed by atoms with E-state index in [0.29, 0.717) is 29.5 Å². The summed E-state index contributed by atoms with van der Waals surface area (Å²) < 4.78 is 17.5. The summed E-state index contributed by atoms with van der Waals surface area (Å²) in [6.07, 6.45) is 3.32. The Morgan fingerprint density at radius 3 is 2.41 bits per heavy atom. The highest BCUT2D eigenvalue weighted by Crippen LogP contribution is 2.40. The first-order valence-corrected chi connectivity index (χ1v) is 9.16. The molecule has 1 aliphatic carbocycles. The maximum absolute atomic E-state index is 14.5. The largest absolute Gasteiger partial charge is 0.342 e. The number of fused-ring (bicyclic) bond motifs is 1. The van der Waals surface area contributed by atoms with Crippen LogP contribution in [0.1, 0.15) is 41.6 Å². The molecule has 140 valence electrons. The summed E-state index contributed by atoms with van der Waals surface area (Å²) in [6, 6.07) is 11.9. The Kier molecular flexibility index (Phi) is 4.13. The summed E-state index contributed by atoms with van der Waals surface area (Å²) >= 11 is 0. The Bertz CT molecular complexity index is 1090. The van der Waals surface area contributed by atoms with Gasteiger partial charge in [-0.1, -0.05) is 31.0 Å². The summed E-state index contributed by atoms with van der Waals surface area (Å²) in [5, 5.41) is 3.10. The van der Waals surface area contributed by atoms with Crippen LogP contribution in [0.3, 0.4) is 0 Å². The zero-order chi connectivity index (χ0) is 19.2. The smallest absolute Gasteiger partial charge is 0.328 e. The van der Waals surface area contributed by atoms with E-state index in [1.54, 1.807) is 55.1 Å². The van der Waals surface area contributed by atoms with Crippen molar-refractivity contribution in [3.63, 3.8) is 0 Å². The average molecular weight is 367 g/mol. The molecule has 0 saturated heterocycles. The van der Waals surface area contributed by atoms with Gasteiger partial charge in [0, 0.05) is 25.2 Å². The number of amides is 1. The topological polar surface area (TPSA) is 56.0 Å². The number of carbonyl (C=O) groups is 1. The molecule has 2 aromatic carbocycles. The summed E-state index contributed by atoms with van der Waals surface area (Å²) in [4.78, 5) is 25.1. The predicted molar refractivity (Wildman–Crippen MR) is 102 cm³/mol. The van der Waals surface area contributed by atoms with Crippen LogP contribution in [0, 0.1) is 5.82 Å². The van der Waals surface area contributed by atoms with Gasteiger partial charge in [0.15, 0.2) is 0 Å². The van der Waals surface area contributed by atoms with Gasteiger partial charge in [0.05, 0.1) is 16.6 Å². The number of rotatable bonds is 3. The van der Waals surface area contributed by atoms with Crippen LogP contribution in [0.5, 0.6) is 0 Å². The van der Waals surface area contributed by atoms with Gasteiger partial charge < -0.3 is 5.32 Å². The minimum Gasteiger partial charge on any atom is -0.342 e. The molecule has 0 spiro atoms. The number of hydrogen-bond acceptors (Lipinski definition) is 2. The van der Waals surface area contributed by atoms with Crippen LogP contribution in [-0.4, -0.2) is 15.0 Å². The van der Waals surface area contributed by atoms with Crippen molar-refractivity contribution in [1.82, 2.24) is 14.5 Å². The Morgan fingerprint density at radius 2 is 1.70 bits per heavy atom. The van der Waals surface area contributed by atoms with E-state index in [2.05, 4.69) is 5.32 Å². The van der Waals surface area contributed by atoms with Crippen LogP contribution >= 0.6 is 0 Å². The minimum atomic E-state index is -0.681. The lowest BCUT2D eigenvalue weighted by Gasteiger charge is -2.31. The van der Waals surface area contributed by atoms with Crippen molar-refractivity contribution in [1.29, 1.82) is 0 Å². The highest BCUT2D eigenvalue weighted by Gasteiger charge is 2.39. The molecular weight excluding hydrogens is 345 g/mol. The number of aryl methyl sites for hydroxylation is 2. The van der Waals surface area contributed by atoms with Gasteiger partial charge in [0.1, 0.15) is 5.82 Å². The van der Waals surface area contributed by atoms with Crippen LogP contribution in [0.25, 0.3) is 11.0 Å².